The minimum atomic E-state index is -0.539. The normalized spacial score (nSPS) is 12.6. The number of benzene rings is 2. The Bertz CT molecular complexity index is 1320. The summed E-state index contributed by atoms with van der Waals surface area (Å²) in [5, 5.41) is 18.5. The van der Waals surface area contributed by atoms with E-state index >= 15 is 4.39 Å². The average Bonchev–Trinajstić information content (AvgIpc) is 3.13. The molecule has 168 valence electrons. The maximum atomic E-state index is 15.6. The molecule has 1 atom stereocenters. The summed E-state index contributed by atoms with van der Waals surface area (Å²) < 4.78 is 27.2. The molecule has 0 saturated heterocycles. The van der Waals surface area contributed by atoms with Gasteiger partial charge in [-0.3, -0.25) is 5.10 Å². The third-order valence-electron chi connectivity index (χ3n) is 5.54. The third kappa shape index (κ3) is 3.69. The lowest BCUT2D eigenvalue weighted by molar-refractivity contribution is 0.248. The van der Waals surface area contributed by atoms with Crippen molar-refractivity contribution in [1.82, 2.24) is 15.2 Å². The number of fused-ring (bicyclic) bond motifs is 3. The highest BCUT2D eigenvalue weighted by atomic mass is 35.5. The van der Waals surface area contributed by atoms with E-state index in [0.717, 1.165) is 0 Å². The van der Waals surface area contributed by atoms with Crippen LogP contribution in [-0.4, -0.2) is 40.0 Å². The number of halogens is 2. The molecule has 2 heterocycles. The van der Waals surface area contributed by atoms with Gasteiger partial charge in [-0.25, -0.2) is 9.37 Å². The second kappa shape index (κ2) is 8.44. The SMILES string of the molecule is COc1c(OC[C@@H](N)C(C)C)cc(F)c2c(-c3ccc(O)c(Cl)c3)nc3n[nH]c(C)c3c12. The average molecular weight is 459 g/mol. The number of nitrogens with zero attached hydrogens (tertiary/aromatic N) is 2. The number of hydrogen-bond acceptors (Lipinski definition) is 6. The van der Waals surface area contributed by atoms with Crippen molar-refractivity contribution < 1.29 is 19.0 Å². The second-order valence-corrected chi connectivity index (χ2v) is 8.44. The highest BCUT2D eigenvalue weighted by molar-refractivity contribution is 6.32. The minimum Gasteiger partial charge on any atom is -0.506 e. The number of aromatic nitrogens is 3. The highest BCUT2D eigenvalue weighted by Crippen LogP contribution is 2.45. The number of aromatic amines is 1. The predicted molar refractivity (Wildman–Crippen MR) is 123 cm³/mol. The minimum absolute atomic E-state index is 0.0772. The molecule has 0 fully saturated rings. The largest absolute Gasteiger partial charge is 0.506 e. The maximum absolute atomic E-state index is 15.6. The first-order valence-corrected chi connectivity index (χ1v) is 10.5. The molecular weight excluding hydrogens is 435 g/mol. The van der Waals surface area contributed by atoms with E-state index in [-0.39, 0.29) is 40.5 Å². The van der Waals surface area contributed by atoms with Crippen LogP contribution < -0.4 is 15.2 Å². The molecule has 4 N–H and O–H groups in total. The zero-order valence-electron chi connectivity index (χ0n) is 18.2. The molecule has 0 saturated carbocycles. The molecule has 0 aliphatic rings. The lowest BCUT2D eigenvalue weighted by Crippen LogP contribution is -2.33. The number of pyridine rings is 1. The van der Waals surface area contributed by atoms with E-state index in [4.69, 9.17) is 26.8 Å². The van der Waals surface area contributed by atoms with E-state index in [2.05, 4.69) is 15.2 Å². The zero-order valence-corrected chi connectivity index (χ0v) is 18.9. The fraction of sp³-hybridized carbons (Fsp3) is 0.304. The molecule has 7 nitrogen and oxygen atoms in total. The quantitative estimate of drug-likeness (QED) is 0.377. The summed E-state index contributed by atoms with van der Waals surface area (Å²) >= 11 is 6.11. The fourth-order valence-corrected chi connectivity index (χ4v) is 3.77. The lowest BCUT2D eigenvalue weighted by atomic mass is 9.99. The van der Waals surface area contributed by atoms with Crippen molar-refractivity contribution in [3.8, 4) is 28.5 Å². The van der Waals surface area contributed by atoms with Crippen LogP contribution in [0, 0.1) is 18.7 Å². The van der Waals surface area contributed by atoms with Crippen LogP contribution in [0.3, 0.4) is 0 Å². The molecular formula is C23H24ClFN4O3. The van der Waals surface area contributed by atoms with Crippen molar-refractivity contribution in [1.29, 1.82) is 0 Å². The van der Waals surface area contributed by atoms with Crippen LogP contribution in [-0.2, 0) is 0 Å². The molecule has 2 aromatic heterocycles. The Kier molecular flexibility index (Phi) is 5.83. The number of aromatic hydroxyl groups is 1. The molecule has 32 heavy (non-hydrogen) atoms. The molecule has 0 aliphatic heterocycles. The summed E-state index contributed by atoms with van der Waals surface area (Å²) in [6, 6.07) is 5.64. The van der Waals surface area contributed by atoms with Gasteiger partial charge in [0.1, 0.15) is 18.2 Å². The maximum Gasteiger partial charge on any atom is 0.182 e. The van der Waals surface area contributed by atoms with Gasteiger partial charge in [0.25, 0.3) is 0 Å². The Labute approximate surface area is 189 Å². The first-order chi connectivity index (χ1) is 15.2. The number of phenols is 1. The van der Waals surface area contributed by atoms with Crippen LogP contribution in [0.15, 0.2) is 24.3 Å². The van der Waals surface area contributed by atoms with Gasteiger partial charge in [-0.05, 0) is 31.0 Å². The van der Waals surface area contributed by atoms with Gasteiger partial charge in [0.2, 0.25) is 0 Å². The Balaban J connectivity index is 2.04. The van der Waals surface area contributed by atoms with Gasteiger partial charge in [0.05, 0.1) is 23.2 Å². The number of rotatable bonds is 6. The number of H-pyrrole nitrogens is 1. The molecule has 0 radical (unpaired) electrons. The first kappa shape index (κ1) is 22.1. The van der Waals surface area contributed by atoms with E-state index < -0.39 is 5.82 Å². The van der Waals surface area contributed by atoms with Gasteiger partial charge >= 0.3 is 0 Å². The Morgan fingerprint density at radius 2 is 1.97 bits per heavy atom. The van der Waals surface area contributed by atoms with Gasteiger partial charge < -0.3 is 20.3 Å². The number of nitrogens with two attached hydrogens (primary N) is 1. The topological polar surface area (TPSA) is 106 Å². The molecule has 0 unspecified atom stereocenters. The molecule has 0 amide bonds. The van der Waals surface area contributed by atoms with E-state index in [1.807, 2.05) is 20.8 Å². The number of aryl methyl sites for hydroxylation is 1. The highest BCUT2D eigenvalue weighted by Gasteiger charge is 2.24. The number of methoxy groups -OCH3 is 1. The predicted octanol–water partition coefficient (Wildman–Crippen LogP) is 4.96. The summed E-state index contributed by atoms with van der Waals surface area (Å²) in [5.41, 5.74) is 8.06. The molecule has 9 heteroatoms. The monoisotopic (exact) mass is 458 g/mol. The standard InChI is InChI=1S/C23H24ClFN4O3/c1-10(2)15(26)9-32-17-8-14(25)19-20(22(17)31-4)18-11(3)28-29-23(18)27-21(19)12-5-6-16(30)13(24)7-12/h5-8,10,15,30H,9,26H2,1-4H3,(H,27,28,29)/t15-/m1/s1. The number of phenolic OH excluding ortho intramolecular Hbond substituents is 1. The molecule has 4 aromatic rings. The number of ether oxygens (including phenoxy) is 2. The van der Waals surface area contributed by atoms with Crippen LogP contribution in [0.4, 0.5) is 4.39 Å². The van der Waals surface area contributed by atoms with Crippen molar-refractivity contribution in [3.05, 3.63) is 40.8 Å². The van der Waals surface area contributed by atoms with Crippen molar-refractivity contribution in [2.24, 2.45) is 11.7 Å². The van der Waals surface area contributed by atoms with Gasteiger partial charge in [-0.1, -0.05) is 25.4 Å². The summed E-state index contributed by atoms with van der Waals surface area (Å²) in [5.74, 6) is 0.190. The first-order valence-electron chi connectivity index (χ1n) is 10.1. The van der Waals surface area contributed by atoms with Crippen LogP contribution in [0.2, 0.25) is 5.02 Å². The number of hydrogen-bond donors (Lipinski definition) is 3. The van der Waals surface area contributed by atoms with Crippen molar-refractivity contribution in [2.75, 3.05) is 13.7 Å². The molecule has 0 spiro atoms. The van der Waals surface area contributed by atoms with Crippen LogP contribution in [0.25, 0.3) is 33.1 Å². The van der Waals surface area contributed by atoms with E-state index in [9.17, 15) is 5.11 Å². The lowest BCUT2D eigenvalue weighted by Gasteiger charge is -2.20. The molecule has 0 aliphatic carbocycles. The van der Waals surface area contributed by atoms with E-state index in [1.54, 1.807) is 6.07 Å². The van der Waals surface area contributed by atoms with Gasteiger partial charge in [0.15, 0.2) is 17.1 Å². The van der Waals surface area contributed by atoms with Crippen LogP contribution in [0.5, 0.6) is 17.2 Å². The molecule has 4 rings (SSSR count). The molecule has 2 aromatic carbocycles. The van der Waals surface area contributed by atoms with E-state index in [1.165, 1.54) is 25.3 Å². The van der Waals surface area contributed by atoms with E-state index in [0.29, 0.717) is 39.1 Å². The zero-order chi connectivity index (χ0) is 23.2. The van der Waals surface area contributed by atoms with Gasteiger partial charge in [0, 0.05) is 34.1 Å². The van der Waals surface area contributed by atoms with Gasteiger partial charge in [-0.15, -0.1) is 0 Å². The van der Waals surface area contributed by atoms with Gasteiger partial charge in [-0.2, -0.15) is 5.10 Å². The third-order valence-corrected chi connectivity index (χ3v) is 5.85. The van der Waals surface area contributed by atoms with Crippen molar-refractivity contribution in [2.45, 2.75) is 26.8 Å². The Morgan fingerprint density at radius 1 is 1.22 bits per heavy atom. The molecule has 0 bridgehead atoms. The smallest absolute Gasteiger partial charge is 0.182 e. The van der Waals surface area contributed by atoms with Crippen molar-refractivity contribution in [3.63, 3.8) is 0 Å². The van der Waals surface area contributed by atoms with Crippen LogP contribution in [0.1, 0.15) is 19.5 Å². The summed E-state index contributed by atoms with van der Waals surface area (Å²) in [6.45, 7) is 6.02. The second-order valence-electron chi connectivity index (χ2n) is 8.03. The number of nitrogens with one attached hydrogen (secondary N) is 1. The Hall–Kier alpha value is -3.10. The fourth-order valence-electron chi connectivity index (χ4n) is 3.59. The summed E-state index contributed by atoms with van der Waals surface area (Å²) in [4.78, 5) is 4.59. The van der Waals surface area contributed by atoms with Crippen molar-refractivity contribution >= 4 is 33.4 Å². The summed E-state index contributed by atoms with van der Waals surface area (Å²) in [7, 11) is 1.50. The van der Waals surface area contributed by atoms with Crippen LogP contribution >= 0.6 is 11.6 Å². The summed E-state index contributed by atoms with van der Waals surface area (Å²) in [6.07, 6.45) is 0. The Morgan fingerprint density at radius 3 is 2.62 bits per heavy atom.